The van der Waals surface area contributed by atoms with E-state index in [4.69, 9.17) is 4.74 Å². The predicted molar refractivity (Wildman–Crippen MR) is 83.8 cm³/mol. The van der Waals surface area contributed by atoms with Gasteiger partial charge in [0.15, 0.2) is 0 Å². The summed E-state index contributed by atoms with van der Waals surface area (Å²) in [5.41, 5.74) is 0.696. The number of aliphatic hydroxyl groups is 1. The molecule has 0 aliphatic heterocycles. The van der Waals surface area contributed by atoms with Crippen LogP contribution in [0.15, 0.2) is 24.3 Å². The van der Waals surface area contributed by atoms with Gasteiger partial charge in [-0.2, -0.15) is 0 Å². The standard InChI is InChI=1S/C17H28FNO2/c1-13(2)10-14(3)21-12-16(20)11-19-9-8-15-6-4-5-7-17(15)18/h4-7,13-14,16,19-20H,8-12H2,1-3H3. The largest absolute Gasteiger partial charge is 0.389 e. The van der Waals surface area contributed by atoms with Crippen LogP contribution in [0.3, 0.4) is 0 Å². The summed E-state index contributed by atoms with van der Waals surface area (Å²) in [4.78, 5) is 0. The summed E-state index contributed by atoms with van der Waals surface area (Å²) in [7, 11) is 0. The zero-order valence-corrected chi connectivity index (χ0v) is 13.3. The van der Waals surface area contributed by atoms with Crippen molar-refractivity contribution in [1.82, 2.24) is 5.32 Å². The third-order valence-electron chi connectivity index (χ3n) is 3.29. The smallest absolute Gasteiger partial charge is 0.126 e. The second kappa shape index (κ2) is 9.87. The first-order chi connectivity index (χ1) is 9.99. The molecular weight excluding hydrogens is 269 g/mol. The average Bonchev–Trinajstić information content (AvgIpc) is 2.42. The van der Waals surface area contributed by atoms with Crippen molar-refractivity contribution in [2.75, 3.05) is 19.7 Å². The number of nitrogens with one attached hydrogen (secondary N) is 1. The summed E-state index contributed by atoms with van der Waals surface area (Å²) in [6.45, 7) is 7.77. The highest BCUT2D eigenvalue weighted by Gasteiger charge is 2.09. The summed E-state index contributed by atoms with van der Waals surface area (Å²) in [6, 6.07) is 6.77. The zero-order chi connectivity index (χ0) is 15.7. The molecule has 0 heterocycles. The van der Waals surface area contributed by atoms with E-state index in [0.29, 0.717) is 37.6 Å². The zero-order valence-electron chi connectivity index (χ0n) is 13.3. The van der Waals surface area contributed by atoms with Crippen molar-refractivity contribution in [3.05, 3.63) is 35.6 Å². The summed E-state index contributed by atoms with van der Waals surface area (Å²) < 4.78 is 19.0. The van der Waals surface area contributed by atoms with E-state index in [2.05, 4.69) is 19.2 Å². The van der Waals surface area contributed by atoms with Gasteiger partial charge >= 0.3 is 0 Å². The lowest BCUT2D eigenvalue weighted by molar-refractivity contribution is -0.00839. The van der Waals surface area contributed by atoms with Crippen molar-refractivity contribution in [2.45, 2.75) is 45.8 Å². The van der Waals surface area contributed by atoms with Crippen molar-refractivity contribution < 1.29 is 14.2 Å². The second-order valence-corrected chi connectivity index (χ2v) is 5.97. The maximum atomic E-state index is 13.4. The normalized spacial score (nSPS) is 14.4. The molecule has 2 unspecified atom stereocenters. The first kappa shape index (κ1) is 18.1. The van der Waals surface area contributed by atoms with Gasteiger partial charge in [-0.15, -0.1) is 0 Å². The number of benzene rings is 1. The lowest BCUT2D eigenvalue weighted by atomic mass is 10.1. The van der Waals surface area contributed by atoms with Crippen LogP contribution >= 0.6 is 0 Å². The van der Waals surface area contributed by atoms with Crippen LogP contribution in [-0.2, 0) is 11.2 Å². The molecule has 0 aliphatic carbocycles. The molecule has 0 spiro atoms. The van der Waals surface area contributed by atoms with Gasteiger partial charge in [0.1, 0.15) is 5.82 Å². The van der Waals surface area contributed by atoms with Crippen LogP contribution in [0.2, 0.25) is 0 Å². The van der Waals surface area contributed by atoms with Gasteiger partial charge in [0.05, 0.1) is 18.8 Å². The lowest BCUT2D eigenvalue weighted by Crippen LogP contribution is -2.33. The number of ether oxygens (including phenoxy) is 1. The molecule has 0 bridgehead atoms. The van der Waals surface area contributed by atoms with Gasteiger partial charge in [-0.3, -0.25) is 0 Å². The van der Waals surface area contributed by atoms with Crippen molar-refractivity contribution in [3.63, 3.8) is 0 Å². The topological polar surface area (TPSA) is 41.5 Å². The first-order valence-corrected chi connectivity index (χ1v) is 7.72. The van der Waals surface area contributed by atoms with Crippen LogP contribution in [0.4, 0.5) is 4.39 Å². The highest BCUT2D eigenvalue weighted by Crippen LogP contribution is 2.08. The molecule has 1 aromatic carbocycles. The Balaban J connectivity index is 2.11. The molecule has 0 amide bonds. The number of halogens is 1. The van der Waals surface area contributed by atoms with Crippen molar-refractivity contribution in [1.29, 1.82) is 0 Å². The molecular formula is C17H28FNO2. The molecule has 4 heteroatoms. The van der Waals surface area contributed by atoms with E-state index in [9.17, 15) is 9.50 Å². The van der Waals surface area contributed by atoms with E-state index in [1.807, 2.05) is 13.0 Å². The Labute approximate surface area is 127 Å². The minimum absolute atomic E-state index is 0.165. The molecule has 0 saturated heterocycles. The Morgan fingerprint density at radius 2 is 1.95 bits per heavy atom. The van der Waals surface area contributed by atoms with Gasteiger partial charge in [0.25, 0.3) is 0 Å². The third-order valence-corrected chi connectivity index (χ3v) is 3.29. The Bertz CT molecular complexity index is 398. The quantitative estimate of drug-likeness (QED) is 0.653. The monoisotopic (exact) mass is 297 g/mol. The van der Waals surface area contributed by atoms with Gasteiger partial charge in [0, 0.05) is 6.54 Å². The molecule has 0 aromatic heterocycles. The molecule has 2 atom stereocenters. The number of hydrogen-bond donors (Lipinski definition) is 2. The van der Waals surface area contributed by atoms with Crippen LogP contribution < -0.4 is 5.32 Å². The maximum absolute atomic E-state index is 13.4. The summed E-state index contributed by atoms with van der Waals surface area (Å²) in [5.74, 6) is 0.418. The summed E-state index contributed by atoms with van der Waals surface area (Å²) in [6.07, 6.45) is 1.25. The summed E-state index contributed by atoms with van der Waals surface area (Å²) in [5, 5.41) is 13.0. The molecule has 0 aliphatic rings. The van der Waals surface area contributed by atoms with Gasteiger partial charge in [-0.1, -0.05) is 32.0 Å². The molecule has 0 saturated carbocycles. The first-order valence-electron chi connectivity index (χ1n) is 7.72. The fourth-order valence-corrected chi connectivity index (χ4v) is 2.26. The van der Waals surface area contributed by atoms with Crippen LogP contribution in [0, 0.1) is 11.7 Å². The van der Waals surface area contributed by atoms with E-state index in [-0.39, 0.29) is 11.9 Å². The van der Waals surface area contributed by atoms with E-state index in [0.717, 1.165) is 6.42 Å². The van der Waals surface area contributed by atoms with Crippen molar-refractivity contribution in [3.8, 4) is 0 Å². The fraction of sp³-hybridized carbons (Fsp3) is 0.647. The molecule has 3 nitrogen and oxygen atoms in total. The SMILES string of the molecule is CC(C)CC(C)OCC(O)CNCCc1ccccc1F. The molecule has 120 valence electrons. The van der Waals surface area contributed by atoms with E-state index < -0.39 is 6.10 Å². The van der Waals surface area contributed by atoms with E-state index >= 15 is 0 Å². The van der Waals surface area contributed by atoms with Gasteiger partial charge in [-0.05, 0) is 43.9 Å². The Morgan fingerprint density at radius 3 is 2.62 bits per heavy atom. The van der Waals surface area contributed by atoms with Crippen LogP contribution in [0.5, 0.6) is 0 Å². The average molecular weight is 297 g/mol. The molecule has 21 heavy (non-hydrogen) atoms. The number of rotatable bonds is 10. The predicted octanol–water partition coefficient (Wildman–Crippen LogP) is 2.77. The van der Waals surface area contributed by atoms with E-state index in [1.54, 1.807) is 12.1 Å². The fourth-order valence-electron chi connectivity index (χ4n) is 2.26. The molecule has 0 fully saturated rings. The van der Waals surface area contributed by atoms with Gasteiger partial charge < -0.3 is 15.2 Å². The number of aliphatic hydroxyl groups excluding tert-OH is 1. The Kier molecular flexibility index (Phi) is 8.50. The minimum Gasteiger partial charge on any atom is -0.389 e. The molecule has 0 radical (unpaired) electrons. The Morgan fingerprint density at radius 1 is 1.24 bits per heavy atom. The minimum atomic E-state index is -0.528. The van der Waals surface area contributed by atoms with Crippen LogP contribution in [0.25, 0.3) is 0 Å². The van der Waals surface area contributed by atoms with Crippen molar-refractivity contribution in [2.24, 2.45) is 5.92 Å². The second-order valence-electron chi connectivity index (χ2n) is 5.97. The lowest BCUT2D eigenvalue weighted by Gasteiger charge is -2.18. The van der Waals surface area contributed by atoms with Gasteiger partial charge in [0.2, 0.25) is 0 Å². The molecule has 1 rings (SSSR count). The van der Waals surface area contributed by atoms with Gasteiger partial charge in [-0.25, -0.2) is 4.39 Å². The van der Waals surface area contributed by atoms with Crippen molar-refractivity contribution >= 4 is 0 Å². The maximum Gasteiger partial charge on any atom is 0.126 e. The number of hydrogen-bond acceptors (Lipinski definition) is 3. The highest BCUT2D eigenvalue weighted by atomic mass is 19.1. The van der Waals surface area contributed by atoms with E-state index in [1.165, 1.54) is 6.07 Å². The molecule has 2 N–H and O–H groups in total. The Hall–Kier alpha value is -0.970. The molecule has 1 aromatic rings. The van der Waals surface area contributed by atoms with Crippen LogP contribution in [0.1, 0.15) is 32.8 Å². The third kappa shape index (κ3) is 8.15. The highest BCUT2D eigenvalue weighted by molar-refractivity contribution is 5.17. The van der Waals surface area contributed by atoms with Crippen LogP contribution in [-0.4, -0.2) is 37.0 Å². The summed E-state index contributed by atoms with van der Waals surface area (Å²) >= 11 is 0.